The van der Waals surface area contributed by atoms with E-state index in [1.807, 2.05) is 13.0 Å². The summed E-state index contributed by atoms with van der Waals surface area (Å²) in [6.45, 7) is 2.76. The Bertz CT molecular complexity index is 373. The van der Waals surface area contributed by atoms with Crippen molar-refractivity contribution in [3.05, 3.63) is 28.2 Å². The van der Waals surface area contributed by atoms with Gasteiger partial charge in [-0.15, -0.1) is 0 Å². The van der Waals surface area contributed by atoms with Gasteiger partial charge in [-0.3, -0.25) is 0 Å². The van der Waals surface area contributed by atoms with E-state index in [1.165, 1.54) is 0 Å². The van der Waals surface area contributed by atoms with Crippen LogP contribution in [0.2, 0.25) is 0 Å². The number of hydrogen-bond donors (Lipinski definition) is 3. The molecule has 1 aromatic carbocycles. The Hall–Kier alpha value is -0.620. The predicted octanol–water partition coefficient (Wildman–Crippen LogP) is 2.20. The summed E-state index contributed by atoms with van der Waals surface area (Å²) < 4.78 is 5.80. The minimum Gasteiger partial charge on any atom is -0.508 e. The first-order chi connectivity index (χ1) is 8.58. The summed E-state index contributed by atoms with van der Waals surface area (Å²) in [4.78, 5) is 0. The molecule has 1 rings (SSSR count). The molecule has 0 bridgehead atoms. The van der Waals surface area contributed by atoms with Crippen molar-refractivity contribution in [1.29, 1.82) is 0 Å². The van der Waals surface area contributed by atoms with Crippen LogP contribution >= 0.6 is 15.9 Å². The third kappa shape index (κ3) is 4.57. The molecule has 0 spiro atoms. The van der Waals surface area contributed by atoms with Crippen molar-refractivity contribution in [2.24, 2.45) is 0 Å². The lowest BCUT2D eigenvalue weighted by atomic mass is 10.0. The van der Waals surface area contributed by atoms with E-state index in [2.05, 4.69) is 21.2 Å². The molecule has 1 aromatic rings. The van der Waals surface area contributed by atoms with Crippen LogP contribution < -0.4 is 5.32 Å². The maximum atomic E-state index is 9.86. The van der Waals surface area contributed by atoms with Crippen molar-refractivity contribution in [1.82, 2.24) is 5.32 Å². The topological polar surface area (TPSA) is 61.7 Å². The minimum absolute atomic E-state index is 0.00834. The number of phenolic OH excluding ortho intramolecular Hbond substituents is 1. The average molecular weight is 318 g/mol. The molecule has 18 heavy (non-hydrogen) atoms. The number of aromatic hydroxyl groups is 1. The first-order valence-electron chi connectivity index (χ1n) is 5.97. The Morgan fingerprint density at radius 3 is 2.78 bits per heavy atom. The summed E-state index contributed by atoms with van der Waals surface area (Å²) >= 11 is 3.39. The second-order valence-electron chi connectivity index (χ2n) is 4.18. The van der Waals surface area contributed by atoms with Crippen molar-refractivity contribution in [2.45, 2.75) is 25.5 Å². The maximum Gasteiger partial charge on any atom is 0.120 e. The van der Waals surface area contributed by atoms with Crippen molar-refractivity contribution in [3.63, 3.8) is 0 Å². The van der Waals surface area contributed by atoms with E-state index in [9.17, 15) is 10.2 Å². The molecule has 0 saturated carbocycles. The number of ether oxygens (including phenoxy) is 1. The molecule has 3 N–H and O–H groups in total. The summed E-state index contributed by atoms with van der Waals surface area (Å²) in [7, 11) is 1.56. The quantitative estimate of drug-likeness (QED) is 0.721. The van der Waals surface area contributed by atoms with E-state index in [0.717, 1.165) is 16.5 Å². The summed E-state index contributed by atoms with van der Waals surface area (Å²) in [6, 6.07) is 5.36. The van der Waals surface area contributed by atoms with E-state index in [1.54, 1.807) is 19.2 Å². The van der Waals surface area contributed by atoms with Gasteiger partial charge in [0.1, 0.15) is 5.75 Å². The van der Waals surface area contributed by atoms with Crippen LogP contribution in [0.15, 0.2) is 22.7 Å². The zero-order chi connectivity index (χ0) is 13.5. The van der Waals surface area contributed by atoms with Crippen LogP contribution in [0.4, 0.5) is 0 Å². The number of benzene rings is 1. The first kappa shape index (κ1) is 15.4. The second kappa shape index (κ2) is 7.74. The van der Waals surface area contributed by atoms with Gasteiger partial charge in [-0.2, -0.15) is 0 Å². The third-order valence-electron chi connectivity index (χ3n) is 2.73. The number of aliphatic hydroxyl groups excluding tert-OH is 1. The largest absolute Gasteiger partial charge is 0.508 e. The molecule has 0 heterocycles. The lowest BCUT2D eigenvalue weighted by Gasteiger charge is -2.20. The standard InChI is InChI=1S/C13H20BrNO3/c1-3-12(15-7-10(16)8-18-2)11-6-9(14)4-5-13(11)17/h4-6,10,12,15-17H,3,7-8H2,1-2H3. The molecule has 0 aliphatic rings. The fourth-order valence-electron chi connectivity index (χ4n) is 1.81. The van der Waals surface area contributed by atoms with Gasteiger partial charge in [-0.1, -0.05) is 22.9 Å². The van der Waals surface area contributed by atoms with Crippen molar-refractivity contribution < 1.29 is 14.9 Å². The van der Waals surface area contributed by atoms with E-state index >= 15 is 0 Å². The third-order valence-corrected chi connectivity index (χ3v) is 3.23. The highest BCUT2D eigenvalue weighted by Gasteiger charge is 2.15. The number of aliphatic hydroxyl groups is 1. The zero-order valence-corrected chi connectivity index (χ0v) is 12.3. The average Bonchev–Trinajstić information content (AvgIpc) is 2.34. The summed E-state index contributed by atoms with van der Waals surface area (Å²) in [5.74, 6) is 0.263. The molecule has 2 unspecified atom stereocenters. The van der Waals surface area contributed by atoms with E-state index in [4.69, 9.17) is 4.74 Å². The van der Waals surface area contributed by atoms with Crippen LogP contribution in [0.3, 0.4) is 0 Å². The number of hydrogen-bond acceptors (Lipinski definition) is 4. The lowest BCUT2D eigenvalue weighted by Crippen LogP contribution is -2.32. The highest BCUT2D eigenvalue weighted by Crippen LogP contribution is 2.29. The second-order valence-corrected chi connectivity index (χ2v) is 5.10. The van der Waals surface area contributed by atoms with Crippen molar-refractivity contribution in [2.75, 3.05) is 20.3 Å². The van der Waals surface area contributed by atoms with Gasteiger partial charge < -0.3 is 20.3 Å². The van der Waals surface area contributed by atoms with Crippen LogP contribution in [0.1, 0.15) is 24.9 Å². The van der Waals surface area contributed by atoms with Crippen LogP contribution in [0, 0.1) is 0 Å². The summed E-state index contributed by atoms with van der Waals surface area (Å²) in [5.41, 5.74) is 0.830. The normalized spacial score (nSPS) is 14.4. The van der Waals surface area contributed by atoms with Crippen LogP contribution in [0.25, 0.3) is 0 Å². The fourth-order valence-corrected chi connectivity index (χ4v) is 2.19. The van der Waals surface area contributed by atoms with Gasteiger partial charge in [0.25, 0.3) is 0 Å². The Morgan fingerprint density at radius 1 is 1.44 bits per heavy atom. The molecule has 4 nitrogen and oxygen atoms in total. The fraction of sp³-hybridized carbons (Fsp3) is 0.538. The molecule has 2 atom stereocenters. The van der Waals surface area contributed by atoms with Gasteiger partial charge in [-0.05, 0) is 24.6 Å². The number of methoxy groups -OCH3 is 1. The Labute approximate surface area is 116 Å². The van der Waals surface area contributed by atoms with E-state index in [0.29, 0.717) is 13.2 Å². The smallest absolute Gasteiger partial charge is 0.120 e. The van der Waals surface area contributed by atoms with Crippen LogP contribution in [0.5, 0.6) is 5.75 Å². The molecule has 5 heteroatoms. The summed E-state index contributed by atoms with van der Waals surface area (Å²) in [5, 5.41) is 22.7. The molecule has 0 amide bonds. The Morgan fingerprint density at radius 2 is 2.17 bits per heavy atom. The van der Waals surface area contributed by atoms with Crippen LogP contribution in [-0.2, 0) is 4.74 Å². The van der Waals surface area contributed by atoms with Gasteiger partial charge in [0.15, 0.2) is 0 Å². The van der Waals surface area contributed by atoms with Gasteiger partial charge >= 0.3 is 0 Å². The molecule has 0 aliphatic carbocycles. The molecule has 0 radical (unpaired) electrons. The predicted molar refractivity (Wildman–Crippen MR) is 74.7 cm³/mol. The Kier molecular flexibility index (Phi) is 6.63. The SMILES string of the molecule is CCC(NCC(O)COC)c1cc(Br)ccc1O. The molecule has 0 saturated heterocycles. The number of phenols is 1. The van der Waals surface area contributed by atoms with Gasteiger partial charge in [-0.25, -0.2) is 0 Å². The molecule has 102 valence electrons. The van der Waals surface area contributed by atoms with E-state index < -0.39 is 6.10 Å². The van der Waals surface area contributed by atoms with E-state index in [-0.39, 0.29) is 11.8 Å². The number of nitrogens with one attached hydrogen (secondary N) is 1. The van der Waals surface area contributed by atoms with Crippen molar-refractivity contribution >= 4 is 15.9 Å². The minimum atomic E-state index is -0.543. The molecule has 0 aliphatic heterocycles. The van der Waals surface area contributed by atoms with Gasteiger partial charge in [0, 0.05) is 29.7 Å². The van der Waals surface area contributed by atoms with Gasteiger partial charge in [0.05, 0.1) is 12.7 Å². The number of rotatable bonds is 7. The van der Waals surface area contributed by atoms with Crippen LogP contribution in [-0.4, -0.2) is 36.6 Å². The molecule has 0 fully saturated rings. The highest BCUT2D eigenvalue weighted by molar-refractivity contribution is 9.10. The molecular formula is C13H20BrNO3. The summed E-state index contributed by atoms with van der Waals surface area (Å²) in [6.07, 6.45) is 0.280. The molecule has 0 aromatic heterocycles. The lowest BCUT2D eigenvalue weighted by molar-refractivity contribution is 0.0625. The highest BCUT2D eigenvalue weighted by atomic mass is 79.9. The zero-order valence-electron chi connectivity index (χ0n) is 10.7. The maximum absolute atomic E-state index is 9.86. The monoisotopic (exact) mass is 317 g/mol. The first-order valence-corrected chi connectivity index (χ1v) is 6.76. The molecular weight excluding hydrogens is 298 g/mol. The number of halogens is 1. The Balaban J connectivity index is 2.68. The van der Waals surface area contributed by atoms with Crippen molar-refractivity contribution in [3.8, 4) is 5.75 Å². The van der Waals surface area contributed by atoms with Gasteiger partial charge in [0.2, 0.25) is 0 Å².